The number of aliphatic hydroxyl groups excluding tert-OH is 1. The van der Waals surface area contributed by atoms with Gasteiger partial charge in [-0.05, 0) is 20.3 Å². The van der Waals surface area contributed by atoms with Crippen molar-refractivity contribution in [3.8, 4) is 0 Å². The lowest BCUT2D eigenvalue weighted by molar-refractivity contribution is -0.155. The fourth-order valence-electron chi connectivity index (χ4n) is 2.02. The van der Waals surface area contributed by atoms with E-state index in [9.17, 15) is 4.79 Å². The average Bonchev–Trinajstić information content (AvgIpc) is 2.79. The number of hydrogen-bond donors (Lipinski definition) is 1. The van der Waals surface area contributed by atoms with E-state index in [2.05, 4.69) is 0 Å². The fourth-order valence-corrected chi connectivity index (χ4v) is 2.02. The maximum atomic E-state index is 11.8. The topological polar surface area (TPSA) is 111 Å². The molecule has 32 heavy (non-hydrogen) atoms. The monoisotopic (exact) mass is 468 g/mol. The number of carbonyl (C=O) groups excluding carboxylic acids is 1. The Morgan fingerprint density at radius 1 is 0.562 bits per heavy atom. The van der Waals surface area contributed by atoms with Crippen LogP contribution in [-0.2, 0) is 42.7 Å². The number of carbonyl (C=O) groups is 1. The Bertz CT molecular complexity index is 406. The zero-order valence-electron chi connectivity index (χ0n) is 20.1. The van der Waals surface area contributed by atoms with Crippen molar-refractivity contribution in [2.75, 3.05) is 106 Å². The third-order valence-electron chi connectivity index (χ3n) is 4.36. The molecule has 0 aliphatic heterocycles. The fraction of sp³-hybridized carbons (Fsp3) is 0.955. The van der Waals surface area contributed by atoms with E-state index in [1.54, 1.807) is 0 Å². The van der Waals surface area contributed by atoms with Crippen molar-refractivity contribution < 1.29 is 47.8 Å². The maximum Gasteiger partial charge on any atom is 0.311 e. The molecular formula is C22H44O10. The molecule has 0 heterocycles. The second-order valence-corrected chi connectivity index (χ2v) is 7.38. The second kappa shape index (κ2) is 23.3. The van der Waals surface area contributed by atoms with E-state index in [4.69, 9.17) is 43.0 Å². The summed E-state index contributed by atoms with van der Waals surface area (Å²) < 4.78 is 42.5. The number of esters is 1. The van der Waals surface area contributed by atoms with Gasteiger partial charge >= 0.3 is 5.97 Å². The predicted octanol–water partition coefficient (Wildman–Crippen LogP) is 1.07. The van der Waals surface area contributed by atoms with Gasteiger partial charge in [0.15, 0.2) is 0 Å². The van der Waals surface area contributed by atoms with Gasteiger partial charge < -0.3 is 43.0 Å². The van der Waals surface area contributed by atoms with Gasteiger partial charge in [-0.3, -0.25) is 4.79 Å². The van der Waals surface area contributed by atoms with Crippen LogP contribution in [0.4, 0.5) is 0 Å². The van der Waals surface area contributed by atoms with Crippen LogP contribution in [0.1, 0.15) is 27.2 Å². The van der Waals surface area contributed by atoms with Gasteiger partial charge in [0.1, 0.15) is 6.61 Å². The molecule has 0 aromatic carbocycles. The molecule has 0 aliphatic rings. The molecular weight excluding hydrogens is 424 g/mol. The van der Waals surface area contributed by atoms with Crippen LogP contribution in [0.2, 0.25) is 0 Å². The molecule has 0 unspecified atom stereocenters. The van der Waals surface area contributed by atoms with Gasteiger partial charge in [-0.2, -0.15) is 0 Å². The van der Waals surface area contributed by atoms with Gasteiger partial charge in [0.25, 0.3) is 0 Å². The van der Waals surface area contributed by atoms with Gasteiger partial charge in [0, 0.05) is 0 Å². The molecule has 0 amide bonds. The number of ether oxygens (including phenoxy) is 8. The molecule has 192 valence electrons. The highest BCUT2D eigenvalue weighted by molar-refractivity contribution is 5.75. The highest BCUT2D eigenvalue weighted by Crippen LogP contribution is 2.21. The van der Waals surface area contributed by atoms with Crippen LogP contribution in [-0.4, -0.2) is 117 Å². The van der Waals surface area contributed by atoms with E-state index in [0.717, 1.165) is 6.42 Å². The van der Waals surface area contributed by atoms with Crippen LogP contribution in [0, 0.1) is 5.41 Å². The first-order chi connectivity index (χ1) is 15.5. The summed E-state index contributed by atoms with van der Waals surface area (Å²) in [6.45, 7) is 12.5. The first-order valence-electron chi connectivity index (χ1n) is 11.4. The Morgan fingerprint density at radius 2 is 0.844 bits per heavy atom. The van der Waals surface area contributed by atoms with Gasteiger partial charge in [-0.15, -0.1) is 0 Å². The Labute approximate surface area is 192 Å². The molecule has 0 fully saturated rings. The summed E-state index contributed by atoms with van der Waals surface area (Å²) in [5.74, 6) is -0.198. The minimum atomic E-state index is -0.449. The van der Waals surface area contributed by atoms with Gasteiger partial charge in [-0.1, -0.05) is 6.92 Å². The summed E-state index contributed by atoms with van der Waals surface area (Å²) in [5.41, 5.74) is -0.449. The van der Waals surface area contributed by atoms with Crippen molar-refractivity contribution >= 4 is 5.97 Å². The van der Waals surface area contributed by atoms with Crippen molar-refractivity contribution in [3.63, 3.8) is 0 Å². The van der Waals surface area contributed by atoms with Crippen molar-refractivity contribution in [2.24, 2.45) is 5.41 Å². The van der Waals surface area contributed by atoms with Crippen LogP contribution in [0.25, 0.3) is 0 Å². The maximum absolute atomic E-state index is 11.8. The molecule has 0 radical (unpaired) electrons. The summed E-state index contributed by atoms with van der Waals surface area (Å²) in [4.78, 5) is 11.8. The Hall–Kier alpha value is -0.850. The summed E-state index contributed by atoms with van der Waals surface area (Å²) in [5, 5.41) is 8.54. The predicted molar refractivity (Wildman–Crippen MR) is 118 cm³/mol. The van der Waals surface area contributed by atoms with Crippen LogP contribution in [0.5, 0.6) is 0 Å². The molecule has 0 aromatic heterocycles. The van der Waals surface area contributed by atoms with E-state index >= 15 is 0 Å². The smallest absolute Gasteiger partial charge is 0.311 e. The largest absolute Gasteiger partial charge is 0.463 e. The van der Waals surface area contributed by atoms with Crippen molar-refractivity contribution in [3.05, 3.63) is 0 Å². The average molecular weight is 469 g/mol. The third kappa shape index (κ3) is 21.0. The van der Waals surface area contributed by atoms with Crippen LogP contribution >= 0.6 is 0 Å². The van der Waals surface area contributed by atoms with Gasteiger partial charge in [-0.25, -0.2) is 0 Å². The first kappa shape index (κ1) is 31.1. The SMILES string of the molecule is CCC(C)(C)C(=O)OCCOCCOCCOCCOCCOCCOCCOCCO. The molecule has 10 heteroatoms. The molecule has 10 nitrogen and oxygen atoms in total. The minimum Gasteiger partial charge on any atom is -0.463 e. The highest BCUT2D eigenvalue weighted by Gasteiger charge is 2.26. The number of aliphatic hydroxyl groups is 1. The molecule has 0 aliphatic carbocycles. The molecule has 0 saturated carbocycles. The summed E-state index contributed by atoms with van der Waals surface area (Å²) in [6, 6.07) is 0. The highest BCUT2D eigenvalue weighted by atomic mass is 16.6. The lowest BCUT2D eigenvalue weighted by atomic mass is 9.91. The lowest BCUT2D eigenvalue weighted by Gasteiger charge is -2.20. The van der Waals surface area contributed by atoms with E-state index in [1.165, 1.54) is 0 Å². The Kier molecular flexibility index (Phi) is 22.7. The number of rotatable bonds is 25. The van der Waals surface area contributed by atoms with Gasteiger partial charge in [0.05, 0.1) is 105 Å². The Morgan fingerprint density at radius 3 is 1.12 bits per heavy atom. The molecule has 1 N–H and O–H groups in total. The van der Waals surface area contributed by atoms with Crippen molar-refractivity contribution in [2.45, 2.75) is 27.2 Å². The third-order valence-corrected chi connectivity index (χ3v) is 4.36. The zero-order chi connectivity index (χ0) is 23.8. The summed E-state index contributed by atoms with van der Waals surface area (Å²) in [7, 11) is 0. The van der Waals surface area contributed by atoms with E-state index in [-0.39, 0.29) is 19.2 Å². The van der Waals surface area contributed by atoms with Crippen LogP contribution in [0.3, 0.4) is 0 Å². The molecule has 0 saturated heterocycles. The summed E-state index contributed by atoms with van der Waals surface area (Å²) >= 11 is 0. The quantitative estimate of drug-likeness (QED) is 0.154. The van der Waals surface area contributed by atoms with E-state index in [1.807, 2.05) is 20.8 Å². The second-order valence-electron chi connectivity index (χ2n) is 7.38. The zero-order valence-corrected chi connectivity index (χ0v) is 20.1. The van der Waals surface area contributed by atoms with E-state index < -0.39 is 5.41 Å². The van der Waals surface area contributed by atoms with Crippen LogP contribution in [0.15, 0.2) is 0 Å². The standard InChI is InChI=1S/C22H44O10/c1-4-22(2,3)21(24)32-20-19-31-18-17-30-16-15-29-14-13-28-12-11-27-10-9-26-8-7-25-6-5-23/h23H,4-20H2,1-3H3. The molecule has 0 rings (SSSR count). The van der Waals surface area contributed by atoms with Crippen LogP contribution < -0.4 is 0 Å². The number of hydrogen-bond acceptors (Lipinski definition) is 10. The van der Waals surface area contributed by atoms with Crippen molar-refractivity contribution in [1.29, 1.82) is 0 Å². The van der Waals surface area contributed by atoms with Gasteiger partial charge in [0.2, 0.25) is 0 Å². The van der Waals surface area contributed by atoms with E-state index in [0.29, 0.717) is 92.5 Å². The lowest BCUT2D eigenvalue weighted by Crippen LogP contribution is -2.27. The normalized spacial score (nSPS) is 11.8. The molecule has 0 spiro atoms. The first-order valence-corrected chi connectivity index (χ1v) is 11.4. The molecule has 0 atom stereocenters. The molecule has 0 bridgehead atoms. The molecule has 0 aromatic rings. The minimum absolute atomic E-state index is 0.0255. The summed E-state index contributed by atoms with van der Waals surface area (Å²) in [6.07, 6.45) is 0.740. The van der Waals surface area contributed by atoms with Crippen molar-refractivity contribution in [1.82, 2.24) is 0 Å². The Balaban J connectivity index is 3.13.